The lowest BCUT2D eigenvalue weighted by Gasteiger charge is -2.06. The molecule has 0 bridgehead atoms. The Kier molecular flexibility index (Phi) is 5.78. The molecule has 0 amide bonds. The molecular weight excluding hydrogens is 252 g/mol. The fraction of sp³-hybridized carbons (Fsp3) is 0.417. The number of carbonyl (C=O) groups is 1. The standard InChI is InChI=1S/C12H16N2O5/c13-6-8-18-7-5-12(15)19-9-10-3-1-2-4-11(10)14(16)17/h1-4H,5-9,13H2/i/hD. The van der Waals surface area contributed by atoms with Crippen molar-refractivity contribution >= 4 is 11.7 Å². The van der Waals surface area contributed by atoms with Crippen LogP contribution in [-0.2, 0) is 20.9 Å². The quantitative estimate of drug-likeness (QED) is 0.310. The molecule has 7 heteroatoms. The molecule has 104 valence electrons. The van der Waals surface area contributed by atoms with E-state index in [0.29, 0.717) is 18.7 Å². The van der Waals surface area contributed by atoms with Crippen molar-refractivity contribution in [3.8, 4) is 0 Å². The Morgan fingerprint density at radius 3 is 2.95 bits per heavy atom. The topological polar surface area (TPSA) is 105 Å². The summed E-state index contributed by atoms with van der Waals surface area (Å²) in [6, 6.07) is 6.10. The third-order valence-electron chi connectivity index (χ3n) is 2.27. The van der Waals surface area contributed by atoms with Gasteiger partial charge in [0.15, 0.2) is 0 Å². The van der Waals surface area contributed by atoms with Crippen LogP contribution in [-0.4, -0.2) is 30.7 Å². The molecule has 7 nitrogen and oxygen atoms in total. The largest absolute Gasteiger partial charge is 0.460 e. The van der Waals surface area contributed by atoms with Gasteiger partial charge in [-0.2, -0.15) is 0 Å². The minimum atomic E-state index is -0.514. The maximum atomic E-state index is 11.4. The zero-order chi connectivity index (χ0) is 14.8. The van der Waals surface area contributed by atoms with E-state index >= 15 is 0 Å². The van der Waals surface area contributed by atoms with Crippen LogP contribution in [0.25, 0.3) is 0 Å². The Labute approximate surface area is 111 Å². The number of rotatable bonds is 9. The number of para-hydroxylation sites is 1. The van der Waals surface area contributed by atoms with Gasteiger partial charge >= 0.3 is 5.97 Å². The SMILES string of the molecule is [2H]NCCOCCC(=O)OCc1ccccc1[N+](=O)[O-]. The molecule has 0 fully saturated rings. The van der Waals surface area contributed by atoms with Crippen LogP contribution < -0.4 is 5.73 Å². The monoisotopic (exact) mass is 269 g/mol. The van der Waals surface area contributed by atoms with E-state index < -0.39 is 10.9 Å². The second kappa shape index (κ2) is 8.17. The lowest BCUT2D eigenvalue weighted by molar-refractivity contribution is -0.385. The predicted octanol–water partition coefficient (Wildman–Crippen LogP) is 1.00. The van der Waals surface area contributed by atoms with Gasteiger partial charge < -0.3 is 15.2 Å². The Hall–Kier alpha value is -1.99. The van der Waals surface area contributed by atoms with Crippen molar-refractivity contribution in [3.05, 3.63) is 39.9 Å². The number of nitro groups is 1. The molecule has 0 aromatic heterocycles. The van der Waals surface area contributed by atoms with Gasteiger partial charge in [-0.3, -0.25) is 14.9 Å². The van der Waals surface area contributed by atoms with Gasteiger partial charge in [0.25, 0.3) is 5.69 Å². The maximum Gasteiger partial charge on any atom is 0.308 e. The van der Waals surface area contributed by atoms with Gasteiger partial charge in [-0.05, 0) is 6.07 Å². The Balaban J connectivity index is 2.32. The first-order chi connectivity index (χ1) is 9.65. The molecule has 0 heterocycles. The summed E-state index contributed by atoms with van der Waals surface area (Å²) in [6.45, 7) is 0.772. The van der Waals surface area contributed by atoms with Gasteiger partial charge in [-0.1, -0.05) is 12.1 Å². The van der Waals surface area contributed by atoms with Crippen LogP contribution in [0.4, 0.5) is 5.69 Å². The molecule has 0 radical (unpaired) electrons. The summed E-state index contributed by atoms with van der Waals surface area (Å²) in [5.74, 6) is -0.484. The van der Waals surface area contributed by atoms with Crippen LogP contribution in [0.3, 0.4) is 0 Å². The Bertz CT molecular complexity index is 455. The number of nitrogens with zero attached hydrogens (tertiary/aromatic N) is 1. The van der Waals surface area contributed by atoms with Gasteiger partial charge in [0, 0.05) is 12.6 Å². The summed E-state index contributed by atoms with van der Waals surface area (Å²) >= 11 is 0. The molecule has 0 aliphatic rings. The van der Waals surface area contributed by atoms with Crippen molar-refractivity contribution in [2.45, 2.75) is 13.0 Å². The van der Waals surface area contributed by atoms with E-state index in [9.17, 15) is 14.9 Å². The van der Waals surface area contributed by atoms with Crippen LogP contribution >= 0.6 is 0 Å². The smallest absolute Gasteiger partial charge is 0.308 e. The van der Waals surface area contributed by atoms with Gasteiger partial charge in [-0.25, -0.2) is 0 Å². The van der Waals surface area contributed by atoms with Crippen molar-refractivity contribution in [2.24, 2.45) is 5.73 Å². The highest BCUT2D eigenvalue weighted by molar-refractivity contribution is 5.69. The lowest BCUT2D eigenvalue weighted by Crippen LogP contribution is -2.13. The summed E-state index contributed by atoms with van der Waals surface area (Å²) in [5.41, 5.74) is 2.45. The number of nitro benzene ring substituents is 1. The van der Waals surface area contributed by atoms with Crippen LogP contribution in [0.2, 0.25) is 1.41 Å². The minimum absolute atomic E-state index is 0.0681. The van der Waals surface area contributed by atoms with Crippen molar-refractivity contribution in [1.82, 2.24) is 0 Å². The predicted molar refractivity (Wildman–Crippen MR) is 67.4 cm³/mol. The van der Waals surface area contributed by atoms with Crippen LogP contribution in [0.15, 0.2) is 24.3 Å². The highest BCUT2D eigenvalue weighted by Gasteiger charge is 2.13. The van der Waals surface area contributed by atoms with Gasteiger partial charge in [-0.15, -0.1) is 0 Å². The second-order valence-electron chi connectivity index (χ2n) is 3.66. The lowest BCUT2D eigenvalue weighted by atomic mass is 10.2. The molecular formula is C12H16N2O5. The summed E-state index contributed by atoms with van der Waals surface area (Å²) in [7, 11) is 0. The zero-order valence-corrected chi connectivity index (χ0v) is 10.3. The molecule has 0 saturated heterocycles. The van der Waals surface area contributed by atoms with Crippen molar-refractivity contribution in [1.29, 1.82) is 0 Å². The molecule has 19 heavy (non-hydrogen) atoms. The Morgan fingerprint density at radius 1 is 1.42 bits per heavy atom. The molecule has 0 saturated carbocycles. The minimum Gasteiger partial charge on any atom is -0.460 e. The Morgan fingerprint density at radius 2 is 2.21 bits per heavy atom. The third kappa shape index (κ3) is 5.45. The van der Waals surface area contributed by atoms with E-state index in [1.807, 2.05) is 0 Å². The highest BCUT2D eigenvalue weighted by atomic mass is 16.6. The van der Waals surface area contributed by atoms with Crippen molar-refractivity contribution < 1.29 is 20.6 Å². The molecule has 1 rings (SSSR count). The fourth-order valence-electron chi connectivity index (χ4n) is 1.37. The van der Waals surface area contributed by atoms with Crippen molar-refractivity contribution in [2.75, 3.05) is 19.8 Å². The van der Waals surface area contributed by atoms with Crippen LogP contribution in [0.1, 0.15) is 12.0 Å². The van der Waals surface area contributed by atoms with Gasteiger partial charge in [0.1, 0.15) is 8.02 Å². The number of carbonyl (C=O) groups excluding carboxylic acids is 1. The molecule has 0 spiro atoms. The molecule has 0 atom stereocenters. The number of hydrogen-bond acceptors (Lipinski definition) is 6. The first-order valence-corrected chi connectivity index (χ1v) is 5.75. The molecule has 2 N–H and O–H groups in total. The van der Waals surface area contributed by atoms with E-state index in [-0.39, 0.29) is 25.3 Å². The molecule has 0 aliphatic carbocycles. The average molecular weight is 269 g/mol. The number of benzene rings is 1. The molecule has 1 aromatic rings. The first kappa shape index (κ1) is 13.4. The molecule has 0 unspecified atom stereocenters. The van der Waals surface area contributed by atoms with Crippen molar-refractivity contribution in [3.63, 3.8) is 0 Å². The number of nitrogens with two attached hydrogens (primary N) is 1. The van der Waals surface area contributed by atoms with E-state index in [0.717, 1.165) is 0 Å². The van der Waals surface area contributed by atoms with Gasteiger partial charge in [0.2, 0.25) is 0 Å². The summed E-state index contributed by atoms with van der Waals surface area (Å²) in [5, 5.41) is 10.8. The number of ether oxygens (including phenoxy) is 2. The van der Waals surface area contributed by atoms with Gasteiger partial charge in [0.05, 0.1) is 30.1 Å². The first-order valence-electron chi connectivity index (χ1n) is 6.25. The number of hydrogen-bond donors (Lipinski definition) is 1. The second-order valence-corrected chi connectivity index (χ2v) is 3.66. The van der Waals surface area contributed by atoms with E-state index in [1.165, 1.54) is 6.07 Å². The zero-order valence-electron chi connectivity index (χ0n) is 11.3. The average Bonchev–Trinajstić information content (AvgIpc) is 2.45. The summed E-state index contributed by atoms with van der Waals surface area (Å²) in [6.07, 6.45) is 0.0681. The third-order valence-corrected chi connectivity index (χ3v) is 2.27. The molecule has 0 aliphatic heterocycles. The normalized spacial score (nSPS) is 10.8. The highest BCUT2D eigenvalue weighted by Crippen LogP contribution is 2.18. The molecule has 1 aromatic carbocycles. The summed E-state index contributed by atoms with van der Waals surface area (Å²) < 4.78 is 16.7. The summed E-state index contributed by atoms with van der Waals surface area (Å²) in [4.78, 5) is 21.7. The van der Waals surface area contributed by atoms with Crippen LogP contribution in [0, 0.1) is 10.1 Å². The van der Waals surface area contributed by atoms with E-state index in [4.69, 9.17) is 10.9 Å². The van der Waals surface area contributed by atoms with E-state index in [2.05, 4.69) is 5.73 Å². The van der Waals surface area contributed by atoms with Crippen LogP contribution in [0.5, 0.6) is 0 Å². The maximum absolute atomic E-state index is 11.4. The fourth-order valence-corrected chi connectivity index (χ4v) is 1.37. The van der Waals surface area contributed by atoms with E-state index in [1.54, 1.807) is 18.2 Å². The number of esters is 1.